The van der Waals surface area contributed by atoms with Crippen LogP contribution in [0.2, 0.25) is 0 Å². The number of sulfonamides is 1. The number of para-hydroxylation sites is 2. The average Bonchev–Trinajstić information content (AvgIpc) is 2.76. The SMILES string of the molecule is CCN(CCNC(=O)[C@H]1CN(S(=O)(=O)CC)c2ccccc2O1)c1ccc(C)cc1. The number of carbonyl (C=O) groups is 1. The molecule has 7 nitrogen and oxygen atoms in total. The van der Waals surface area contributed by atoms with E-state index in [1.807, 2.05) is 6.92 Å². The van der Waals surface area contributed by atoms with E-state index in [1.54, 1.807) is 31.2 Å². The number of hydrogen-bond donors (Lipinski definition) is 1. The van der Waals surface area contributed by atoms with Crippen molar-refractivity contribution in [2.24, 2.45) is 0 Å². The number of aryl methyl sites for hydroxylation is 1. The van der Waals surface area contributed by atoms with Crippen molar-refractivity contribution in [1.82, 2.24) is 5.32 Å². The minimum Gasteiger partial charge on any atom is -0.476 e. The molecule has 2 aromatic rings. The maximum atomic E-state index is 12.7. The van der Waals surface area contributed by atoms with Crippen LogP contribution in [0.4, 0.5) is 11.4 Å². The van der Waals surface area contributed by atoms with E-state index in [0.717, 1.165) is 12.2 Å². The maximum absolute atomic E-state index is 12.7. The van der Waals surface area contributed by atoms with Crippen molar-refractivity contribution in [3.05, 3.63) is 54.1 Å². The molecule has 1 aliphatic rings. The van der Waals surface area contributed by atoms with E-state index in [-0.39, 0.29) is 18.2 Å². The van der Waals surface area contributed by atoms with Gasteiger partial charge in [-0.15, -0.1) is 0 Å². The summed E-state index contributed by atoms with van der Waals surface area (Å²) in [6.07, 6.45) is -0.893. The molecule has 8 heteroatoms. The molecule has 0 unspecified atom stereocenters. The van der Waals surface area contributed by atoms with Crippen LogP contribution in [0, 0.1) is 6.92 Å². The third kappa shape index (κ3) is 4.87. The number of nitrogens with zero attached hydrogens (tertiary/aromatic N) is 2. The van der Waals surface area contributed by atoms with Crippen LogP contribution in [0.25, 0.3) is 0 Å². The van der Waals surface area contributed by atoms with Crippen LogP contribution in [-0.4, -0.2) is 52.4 Å². The lowest BCUT2D eigenvalue weighted by molar-refractivity contribution is -0.127. The third-order valence-corrected chi connectivity index (χ3v) is 6.94. The predicted octanol–water partition coefficient (Wildman–Crippen LogP) is 2.55. The smallest absolute Gasteiger partial charge is 0.263 e. The topological polar surface area (TPSA) is 79.0 Å². The quantitative estimate of drug-likeness (QED) is 0.695. The van der Waals surface area contributed by atoms with Gasteiger partial charge in [-0.1, -0.05) is 29.8 Å². The molecule has 0 fully saturated rings. The van der Waals surface area contributed by atoms with Gasteiger partial charge in [0.2, 0.25) is 10.0 Å². The number of anilines is 2. The lowest BCUT2D eigenvalue weighted by Crippen LogP contribution is -2.51. The molecule has 0 spiro atoms. The van der Waals surface area contributed by atoms with Crippen molar-refractivity contribution in [3.8, 4) is 5.75 Å². The number of likely N-dealkylation sites (N-methyl/N-ethyl adjacent to an activating group) is 1. The molecule has 0 saturated carbocycles. The van der Waals surface area contributed by atoms with Gasteiger partial charge in [0.05, 0.1) is 18.0 Å². The van der Waals surface area contributed by atoms with E-state index in [4.69, 9.17) is 4.74 Å². The summed E-state index contributed by atoms with van der Waals surface area (Å²) in [6, 6.07) is 15.1. The number of amides is 1. The van der Waals surface area contributed by atoms with Crippen LogP contribution in [0.3, 0.4) is 0 Å². The Bertz CT molecular complexity index is 976. The molecular formula is C22H29N3O4S. The maximum Gasteiger partial charge on any atom is 0.263 e. The number of ether oxygens (including phenoxy) is 1. The summed E-state index contributed by atoms with van der Waals surface area (Å²) in [5, 5.41) is 2.89. The van der Waals surface area contributed by atoms with Gasteiger partial charge >= 0.3 is 0 Å². The molecule has 162 valence electrons. The summed E-state index contributed by atoms with van der Waals surface area (Å²) in [7, 11) is -3.51. The lowest BCUT2D eigenvalue weighted by Gasteiger charge is -2.34. The van der Waals surface area contributed by atoms with E-state index in [0.29, 0.717) is 24.5 Å². The van der Waals surface area contributed by atoms with Gasteiger partial charge in [-0.2, -0.15) is 0 Å². The summed E-state index contributed by atoms with van der Waals surface area (Å²) >= 11 is 0. The molecule has 1 aliphatic heterocycles. The van der Waals surface area contributed by atoms with Crippen LogP contribution < -0.4 is 19.3 Å². The molecule has 0 radical (unpaired) electrons. The van der Waals surface area contributed by atoms with Crippen LogP contribution >= 0.6 is 0 Å². The number of benzene rings is 2. The van der Waals surface area contributed by atoms with Gasteiger partial charge < -0.3 is 15.0 Å². The Hall–Kier alpha value is -2.74. The Morgan fingerprint density at radius 2 is 1.87 bits per heavy atom. The van der Waals surface area contributed by atoms with Crippen molar-refractivity contribution in [2.75, 3.05) is 41.1 Å². The number of rotatable bonds is 8. The first kappa shape index (κ1) is 22.0. The Balaban J connectivity index is 1.65. The van der Waals surface area contributed by atoms with Crippen LogP contribution in [-0.2, 0) is 14.8 Å². The molecule has 0 saturated heterocycles. The number of hydrogen-bond acceptors (Lipinski definition) is 5. The minimum absolute atomic E-state index is 0.0333. The fourth-order valence-corrected chi connectivity index (χ4v) is 4.54. The zero-order valence-corrected chi connectivity index (χ0v) is 18.5. The summed E-state index contributed by atoms with van der Waals surface area (Å²) in [5.74, 6) is 0.0362. The van der Waals surface area contributed by atoms with Crippen LogP contribution in [0.15, 0.2) is 48.5 Å². The van der Waals surface area contributed by atoms with Gasteiger partial charge in [-0.05, 0) is 45.0 Å². The molecule has 2 aromatic carbocycles. The third-order valence-electron chi connectivity index (χ3n) is 5.19. The van der Waals surface area contributed by atoms with Crippen molar-refractivity contribution in [3.63, 3.8) is 0 Å². The highest BCUT2D eigenvalue weighted by molar-refractivity contribution is 7.92. The minimum atomic E-state index is -3.51. The molecule has 0 aromatic heterocycles. The van der Waals surface area contributed by atoms with E-state index in [1.165, 1.54) is 9.87 Å². The zero-order chi connectivity index (χ0) is 21.7. The van der Waals surface area contributed by atoms with Crippen molar-refractivity contribution in [1.29, 1.82) is 0 Å². The van der Waals surface area contributed by atoms with E-state index in [2.05, 4.69) is 41.4 Å². The summed E-state index contributed by atoms with van der Waals surface area (Å²) < 4.78 is 32.2. The average molecular weight is 432 g/mol. The number of fused-ring (bicyclic) bond motifs is 1. The normalized spacial score (nSPS) is 15.8. The Morgan fingerprint density at radius 1 is 1.17 bits per heavy atom. The van der Waals surface area contributed by atoms with Crippen molar-refractivity contribution in [2.45, 2.75) is 26.9 Å². The molecule has 1 atom stereocenters. The lowest BCUT2D eigenvalue weighted by atomic mass is 10.2. The predicted molar refractivity (Wildman–Crippen MR) is 120 cm³/mol. The van der Waals surface area contributed by atoms with Crippen molar-refractivity contribution < 1.29 is 17.9 Å². The molecule has 1 N–H and O–H groups in total. The first-order valence-electron chi connectivity index (χ1n) is 10.2. The largest absolute Gasteiger partial charge is 0.476 e. The van der Waals surface area contributed by atoms with E-state index in [9.17, 15) is 13.2 Å². The Labute approximate surface area is 178 Å². The van der Waals surface area contributed by atoms with Crippen LogP contribution in [0.5, 0.6) is 5.75 Å². The zero-order valence-electron chi connectivity index (χ0n) is 17.7. The van der Waals surface area contributed by atoms with Gasteiger partial charge in [0.15, 0.2) is 6.10 Å². The molecule has 0 bridgehead atoms. The highest BCUT2D eigenvalue weighted by Gasteiger charge is 2.35. The summed E-state index contributed by atoms with van der Waals surface area (Å²) in [4.78, 5) is 14.9. The Kier molecular flexibility index (Phi) is 6.87. The second-order valence-electron chi connectivity index (χ2n) is 7.21. The van der Waals surface area contributed by atoms with E-state index < -0.39 is 16.1 Å². The highest BCUT2D eigenvalue weighted by Crippen LogP contribution is 2.35. The molecular weight excluding hydrogens is 402 g/mol. The monoisotopic (exact) mass is 431 g/mol. The molecule has 3 rings (SSSR count). The van der Waals surface area contributed by atoms with Gasteiger partial charge in [-0.25, -0.2) is 8.42 Å². The molecule has 0 aliphatic carbocycles. The second kappa shape index (κ2) is 9.38. The number of carbonyl (C=O) groups excluding carboxylic acids is 1. The van der Waals surface area contributed by atoms with Crippen LogP contribution in [0.1, 0.15) is 19.4 Å². The molecule has 1 amide bonds. The second-order valence-corrected chi connectivity index (χ2v) is 9.39. The number of nitrogens with one attached hydrogen (secondary N) is 1. The fourth-order valence-electron chi connectivity index (χ4n) is 3.41. The van der Waals surface area contributed by atoms with Gasteiger partial charge in [-0.3, -0.25) is 9.10 Å². The van der Waals surface area contributed by atoms with Gasteiger partial charge in [0.25, 0.3) is 5.91 Å². The summed E-state index contributed by atoms with van der Waals surface area (Å²) in [5.41, 5.74) is 2.77. The summed E-state index contributed by atoms with van der Waals surface area (Å²) in [6.45, 7) is 7.56. The standard InChI is InChI=1S/C22H29N3O4S/c1-4-24(18-12-10-17(3)11-13-18)15-14-23-22(26)21-16-25(30(27,28)5-2)19-8-6-7-9-20(19)29-21/h6-13,21H,4-5,14-16H2,1-3H3,(H,23,26)/t21-/m1/s1. The molecule has 1 heterocycles. The van der Waals surface area contributed by atoms with Gasteiger partial charge in [0, 0.05) is 25.3 Å². The van der Waals surface area contributed by atoms with E-state index >= 15 is 0 Å². The fraction of sp³-hybridized carbons (Fsp3) is 0.409. The Morgan fingerprint density at radius 3 is 2.53 bits per heavy atom. The van der Waals surface area contributed by atoms with Gasteiger partial charge in [0.1, 0.15) is 5.75 Å². The highest BCUT2D eigenvalue weighted by atomic mass is 32.2. The molecule has 30 heavy (non-hydrogen) atoms. The first-order valence-corrected chi connectivity index (χ1v) is 11.8. The first-order chi connectivity index (χ1) is 14.4. The van der Waals surface area contributed by atoms with Crippen molar-refractivity contribution >= 4 is 27.3 Å².